The Morgan fingerprint density at radius 2 is 1.55 bits per heavy atom. The quantitative estimate of drug-likeness (QED) is 0.463. The van der Waals surface area contributed by atoms with Gasteiger partial charge in [-0.2, -0.15) is 0 Å². The summed E-state index contributed by atoms with van der Waals surface area (Å²) in [6.45, 7) is 0. The van der Waals surface area contributed by atoms with E-state index < -0.39 is 7.60 Å². The molecule has 0 amide bonds. The largest absolute Gasteiger partial charge is 0.356 e. The molecule has 0 saturated heterocycles. The van der Waals surface area contributed by atoms with Gasteiger partial charge in [0.25, 0.3) is 0 Å². The Morgan fingerprint density at radius 3 is 1.82 bits per heavy atom. The molecule has 1 aromatic rings. The highest BCUT2D eigenvalue weighted by molar-refractivity contribution is 7.60. The lowest BCUT2D eigenvalue weighted by atomic mass is 10.4. The summed E-state index contributed by atoms with van der Waals surface area (Å²) in [7, 11) is -4.02. The van der Waals surface area contributed by atoms with Crippen LogP contribution in [0.4, 0.5) is 0 Å². The van der Waals surface area contributed by atoms with Crippen molar-refractivity contribution in [3.8, 4) is 0 Å². The van der Waals surface area contributed by atoms with E-state index in [1.54, 1.807) is 18.2 Å². The van der Waals surface area contributed by atoms with Gasteiger partial charge in [-0.15, -0.1) is 0 Å². The molecule has 0 bridgehead atoms. The molecule has 0 saturated carbocycles. The maximum atomic E-state index is 10.5. The predicted molar refractivity (Wildman–Crippen MR) is 43.9 cm³/mol. The average Bonchev–Trinajstić information content (AvgIpc) is 1.88. The second kappa shape index (κ2) is 3.72. The van der Waals surface area contributed by atoms with Gasteiger partial charge in [-0.05, 0) is 12.1 Å². The van der Waals surface area contributed by atoms with Crippen molar-refractivity contribution in [2.75, 3.05) is 0 Å². The van der Waals surface area contributed by atoms with Crippen LogP contribution in [0.15, 0.2) is 30.3 Å². The second-order valence-electron chi connectivity index (χ2n) is 1.88. The van der Waals surface area contributed by atoms with Crippen LogP contribution in [0.5, 0.6) is 0 Å². The summed E-state index contributed by atoms with van der Waals surface area (Å²) in [4.78, 5) is 17.2. The number of hydrogen-bond donors (Lipinski definition) is 2. The van der Waals surface area contributed by atoms with E-state index in [4.69, 9.17) is 9.79 Å². The lowest BCUT2D eigenvalue weighted by Crippen LogP contribution is -2.01. The molecule has 2 N–H and O–H groups in total. The minimum atomic E-state index is -4.02. The molecular weight excluding hydrogens is 162 g/mol. The fourth-order valence-corrected chi connectivity index (χ4v) is 1.18. The molecule has 0 aliphatic carbocycles. The van der Waals surface area contributed by atoms with Crippen molar-refractivity contribution >= 4 is 21.3 Å². The molecule has 0 spiro atoms. The van der Waals surface area contributed by atoms with Crippen molar-refractivity contribution in [1.82, 2.24) is 0 Å². The summed E-state index contributed by atoms with van der Waals surface area (Å²) in [6, 6.07) is 7.70. The van der Waals surface area contributed by atoms with Crippen molar-refractivity contribution in [1.29, 1.82) is 0 Å². The van der Waals surface area contributed by atoms with Gasteiger partial charge >= 0.3 is 7.60 Å². The van der Waals surface area contributed by atoms with Crippen LogP contribution in [0.2, 0.25) is 0 Å². The van der Waals surface area contributed by atoms with E-state index in [0.717, 1.165) is 0 Å². The summed E-state index contributed by atoms with van der Waals surface area (Å²) in [5, 5.41) is 0.0648. The van der Waals surface area contributed by atoms with Crippen LogP contribution in [-0.4, -0.2) is 18.2 Å². The first-order chi connectivity index (χ1) is 4.61. The molecule has 57 valence electrons. The summed E-state index contributed by atoms with van der Waals surface area (Å²) in [6.07, 6.45) is 0. The van der Waals surface area contributed by atoms with Crippen LogP contribution < -0.4 is 5.30 Å². The van der Waals surface area contributed by atoms with E-state index in [1.807, 2.05) is 0 Å². The molecule has 0 aliphatic heterocycles. The Labute approximate surface area is 66.8 Å². The fourth-order valence-electron chi connectivity index (χ4n) is 0.622. The smallest absolute Gasteiger partial charge is 0.321 e. The number of hydrogen-bond acceptors (Lipinski definition) is 1. The van der Waals surface area contributed by atoms with E-state index in [1.165, 1.54) is 12.1 Å². The molecule has 11 heavy (non-hydrogen) atoms. The van der Waals surface area contributed by atoms with Crippen molar-refractivity contribution in [2.45, 2.75) is 0 Å². The van der Waals surface area contributed by atoms with Gasteiger partial charge in [0.1, 0.15) is 0 Å². The lowest BCUT2D eigenvalue weighted by molar-refractivity contribution is 0.387. The molecule has 0 heterocycles. The normalized spacial score (nSPS) is 10.4. The number of rotatable bonds is 1. The standard InChI is InChI=1S/C6H7O3P.B/c7-10(8,9)6-4-2-1-3-5-6;/h1-5H,(H2,7,8,9);. The Kier molecular flexibility index (Phi) is 3.53. The first-order valence-electron chi connectivity index (χ1n) is 2.72. The van der Waals surface area contributed by atoms with Crippen LogP contribution in [-0.2, 0) is 4.57 Å². The van der Waals surface area contributed by atoms with Crippen molar-refractivity contribution in [3.05, 3.63) is 30.3 Å². The molecule has 0 fully saturated rings. The zero-order valence-electron chi connectivity index (χ0n) is 5.71. The van der Waals surface area contributed by atoms with Gasteiger partial charge in [0.2, 0.25) is 0 Å². The Bertz CT molecular complexity index is 256. The SMILES string of the molecule is O=P(O)(O)c1ccccc1.[B]. The predicted octanol–water partition coefficient (Wildman–Crippen LogP) is 0.109. The van der Waals surface area contributed by atoms with Gasteiger partial charge in [0.05, 0.1) is 5.30 Å². The van der Waals surface area contributed by atoms with Crippen LogP contribution in [0.1, 0.15) is 0 Å². The lowest BCUT2D eigenvalue weighted by Gasteiger charge is -2.00. The highest BCUT2D eigenvalue weighted by Crippen LogP contribution is 2.32. The van der Waals surface area contributed by atoms with Gasteiger partial charge < -0.3 is 9.79 Å². The van der Waals surface area contributed by atoms with E-state index in [2.05, 4.69) is 0 Å². The maximum absolute atomic E-state index is 10.5. The average molecular weight is 169 g/mol. The molecule has 3 nitrogen and oxygen atoms in total. The summed E-state index contributed by atoms with van der Waals surface area (Å²) < 4.78 is 10.5. The van der Waals surface area contributed by atoms with Gasteiger partial charge in [-0.25, -0.2) is 0 Å². The maximum Gasteiger partial charge on any atom is 0.356 e. The highest BCUT2D eigenvalue weighted by atomic mass is 31.2. The Balaban J connectivity index is 0.000001000. The van der Waals surface area contributed by atoms with Gasteiger partial charge in [0, 0.05) is 8.41 Å². The minimum Gasteiger partial charge on any atom is -0.321 e. The third-order valence-corrected chi connectivity index (χ3v) is 2.06. The van der Waals surface area contributed by atoms with Crippen molar-refractivity contribution in [2.24, 2.45) is 0 Å². The minimum absolute atomic E-state index is 0. The van der Waals surface area contributed by atoms with E-state index in [0.29, 0.717) is 0 Å². The third kappa shape index (κ3) is 2.89. The second-order valence-corrected chi connectivity index (χ2v) is 3.48. The molecular formula is C6H7BO3P. The monoisotopic (exact) mass is 169 g/mol. The molecule has 5 heteroatoms. The summed E-state index contributed by atoms with van der Waals surface area (Å²) in [5.74, 6) is 0. The molecule has 1 rings (SSSR count). The van der Waals surface area contributed by atoms with Gasteiger partial charge in [-0.3, -0.25) is 4.57 Å². The zero-order valence-corrected chi connectivity index (χ0v) is 6.61. The van der Waals surface area contributed by atoms with E-state index >= 15 is 0 Å². The van der Waals surface area contributed by atoms with Gasteiger partial charge in [-0.1, -0.05) is 18.2 Å². The molecule has 0 atom stereocenters. The first kappa shape index (κ1) is 10.4. The highest BCUT2D eigenvalue weighted by Gasteiger charge is 2.14. The first-order valence-corrected chi connectivity index (χ1v) is 4.33. The fraction of sp³-hybridized carbons (Fsp3) is 0. The Hall–Kier alpha value is -0.565. The van der Waals surface area contributed by atoms with Crippen LogP contribution in [0.25, 0.3) is 0 Å². The summed E-state index contributed by atoms with van der Waals surface area (Å²) >= 11 is 0. The Morgan fingerprint density at radius 1 is 1.09 bits per heavy atom. The third-order valence-electron chi connectivity index (χ3n) is 1.09. The van der Waals surface area contributed by atoms with Crippen LogP contribution in [0.3, 0.4) is 0 Å². The molecule has 0 aliphatic rings. The summed E-state index contributed by atoms with van der Waals surface area (Å²) in [5.41, 5.74) is 0. The van der Waals surface area contributed by atoms with E-state index in [-0.39, 0.29) is 13.7 Å². The van der Waals surface area contributed by atoms with Crippen molar-refractivity contribution < 1.29 is 14.4 Å². The molecule has 3 radical (unpaired) electrons. The van der Waals surface area contributed by atoms with Gasteiger partial charge in [0.15, 0.2) is 0 Å². The number of benzene rings is 1. The van der Waals surface area contributed by atoms with E-state index in [9.17, 15) is 4.57 Å². The molecule has 0 aromatic heterocycles. The molecule has 1 aromatic carbocycles. The molecule has 0 unspecified atom stereocenters. The zero-order chi connectivity index (χ0) is 7.61. The van der Waals surface area contributed by atoms with Crippen molar-refractivity contribution in [3.63, 3.8) is 0 Å². The topological polar surface area (TPSA) is 57.5 Å². The van der Waals surface area contributed by atoms with Crippen LogP contribution >= 0.6 is 7.60 Å². The van der Waals surface area contributed by atoms with Crippen LogP contribution in [0, 0.1) is 0 Å².